The summed E-state index contributed by atoms with van der Waals surface area (Å²) in [6.07, 6.45) is 5.79. The summed E-state index contributed by atoms with van der Waals surface area (Å²) < 4.78 is 1.61. The number of imidazole rings is 1. The smallest absolute Gasteiger partial charge is 0.249 e. The number of rotatable bonds is 8. The van der Waals surface area contributed by atoms with Gasteiger partial charge in [-0.1, -0.05) is 74.5 Å². The van der Waals surface area contributed by atoms with Crippen molar-refractivity contribution in [2.45, 2.75) is 39.4 Å². The van der Waals surface area contributed by atoms with E-state index in [1.165, 1.54) is 11.1 Å². The van der Waals surface area contributed by atoms with Gasteiger partial charge in [0.25, 0.3) is 0 Å². The number of carbonyl (C=O) groups excluding carboxylic acids is 1. The van der Waals surface area contributed by atoms with E-state index in [1.807, 2.05) is 36.4 Å². The molecule has 4 nitrogen and oxygen atoms in total. The molecule has 27 heavy (non-hydrogen) atoms. The van der Waals surface area contributed by atoms with Crippen molar-refractivity contribution >= 4 is 5.91 Å². The highest BCUT2D eigenvalue weighted by atomic mass is 16.2. The summed E-state index contributed by atoms with van der Waals surface area (Å²) in [6, 6.07) is 20.5. The van der Waals surface area contributed by atoms with Gasteiger partial charge in [0.05, 0.1) is 6.04 Å². The average Bonchev–Trinajstić information content (AvgIpc) is 3.21. The molecule has 0 fully saturated rings. The first-order valence-corrected chi connectivity index (χ1v) is 9.47. The van der Waals surface area contributed by atoms with Crippen molar-refractivity contribution < 1.29 is 4.79 Å². The maximum atomic E-state index is 13.2. The van der Waals surface area contributed by atoms with Crippen molar-refractivity contribution in [1.82, 2.24) is 14.5 Å². The maximum Gasteiger partial charge on any atom is 0.249 e. The molecule has 1 heterocycles. The fraction of sp³-hybridized carbons (Fsp3) is 0.304. The molecule has 0 aliphatic rings. The van der Waals surface area contributed by atoms with Crippen LogP contribution in [0.3, 0.4) is 0 Å². The van der Waals surface area contributed by atoms with Gasteiger partial charge in [-0.2, -0.15) is 0 Å². The second-order valence-corrected chi connectivity index (χ2v) is 7.33. The van der Waals surface area contributed by atoms with Gasteiger partial charge in [0, 0.05) is 25.5 Å². The number of aromatic nitrogens is 2. The summed E-state index contributed by atoms with van der Waals surface area (Å²) >= 11 is 0. The molecule has 0 spiro atoms. The largest absolute Gasteiger partial charge is 0.283 e. The zero-order chi connectivity index (χ0) is 19.1. The second kappa shape index (κ2) is 9.28. The molecule has 4 heteroatoms. The fourth-order valence-electron chi connectivity index (χ4n) is 3.33. The molecule has 0 N–H and O–H groups in total. The summed E-state index contributed by atoms with van der Waals surface area (Å²) in [7, 11) is 0. The molecule has 0 saturated carbocycles. The summed E-state index contributed by atoms with van der Waals surface area (Å²) in [5.41, 5.74) is 2.42. The Morgan fingerprint density at radius 3 is 1.96 bits per heavy atom. The lowest BCUT2D eigenvalue weighted by molar-refractivity contribution is 0.0666. The zero-order valence-corrected chi connectivity index (χ0v) is 16.0. The third-order valence-corrected chi connectivity index (χ3v) is 4.64. The topological polar surface area (TPSA) is 38.1 Å². The van der Waals surface area contributed by atoms with Crippen LogP contribution in [0.2, 0.25) is 0 Å². The average molecular weight is 361 g/mol. The second-order valence-electron chi connectivity index (χ2n) is 7.33. The van der Waals surface area contributed by atoms with E-state index in [-0.39, 0.29) is 11.9 Å². The Labute approximate surface area is 161 Å². The molecule has 0 amide bonds. The Morgan fingerprint density at radius 2 is 1.52 bits per heavy atom. The molecule has 1 aromatic heterocycles. The van der Waals surface area contributed by atoms with E-state index in [0.717, 1.165) is 19.5 Å². The first-order chi connectivity index (χ1) is 13.1. The number of carbonyl (C=O) groups is 1. The van der Waals surface area contributed by atoms with Gasteiger partial charge in [-0.25, -0.2) is 4.98 Å². The fourth-order valence-corrected chi connectivity index (χ4v) is 3.33. The third-order valence-electron chi connectivity index (χ3n) is 4.64. The quantitative estimate of drug-likeness (QED) is 0.587. The van der Waals surface area contributed by atoms with E-state index >= 15 is 0 Å². The van der Waals surface area contributed by atoms with Crippen LogP contribution in [0, 0.1) is 5.92 Å². The molecule has 0 bridgehead atoms. The molecule has 0 saturated heterocycles. The van der Waals surface area contributed by atoms with Gasteiger partial charge in [-0.3, -0.25) is 14.3 Å². The van der Waals surface area contributed by atoms with Gasteiger partial charge in [-0.15, -0.1) is 0 Å². The normalized spacial score (nSPS) is 12.4. The molecule has 2 aromatic carbocycles. The van der Waals surface area contributed by atoms with Crippen molar-refractivity contribution in [3.63, 3.8) is 0 Å². The molecule has 140 valence electrons. The van der Waals surface area contributed by atoms with Crippen LogP contribution in [0.4, 0.5) is 0 Å². The van der Waals surface area contributed by atoms with Crippen LogP contribution >= 0.6 is 0 Å². The molecular formula is C23H27N3O. The van der Waals surface area contributed by atoms with Crippen LogP contribution < -0.4 is 0 Å². The summed E-state index contributed by atoms with van der Waals surface area (Å²) in [5.74, 6) is 0.490. The monoisotopic (exact) mass is 361 g/mol. The first kappa shape index (κ1) is 19.1. The predicted molar refractivity (Wildman–Crippen MR) is 108 cm³/mol. The SMILES string of the molecule is CC(C)C[C@H](C(=O)n1ccnc1)N(Cc1ccccc1)Cc1ccccc1. The minimum Gasteiger partial charge on any atom is -0.283 e. The van der Waals surface area contributed by atoms with E-state index < -0.39 is 0 Å². The standard InChI is InChI=1S/C23H27N3O/c1-19(2)15-22(23(27)25-14-13-24-18-25)26(16-20-9-5-3-6-10-20)17-21-11-7-4-8-12-21/h3-14,18-19,22H,15-17H2,1-2H3/t22-/m1/s1. The number of hydrogen-bond donors (Lipinski definition) is 0. The summed E-state index contributed by atoms with van der Waals surface area (Å²) in [4.78, 5) is 19.6. The maximum absolute atomic E-state index is 13.2. The van der Waals surface area contributed by atoms with Crippen molar-refractivity contribution in [3.8, 4) is 0 Å². The van der Waals surface area contributed by atoms with Crippen LogP contribution in [-0.2, 0) is 13.1 Å². The van der Waals surface area contributed by atoms with Crippen LogP contribution in [0.1, 0.15) is 36.2 Å². The van der Waals surface area contributed by atoms with Gasteiger partial charge < -0.3 is 0 Å². The lowest BCUT2D eigenvalue weighted by atomic mass is 10.00. The Balaban J connectivity index is 1.91. The third kappa shape index (κ3) is 5.38. The first-order valence-electron chi connectivity index (χ1n) is 9.47. The lowest BCUT2D eigenvalue weighted by Crippen LogP contribution is -2.43. The van der Waals surface area contributed by atoms with E-state index in [4.69, 9.17) is 0 Å². The van der Waals surface area contributed by atoms with Crippen LogP contribution in [0.5, 0.6) is 0 Å². The molecular weight excluding hydrogens is 334 g/mol. The van der Waals surface area contributed by atoms with Gasteiger partial charge >= 0.3 is 0 Å². The predicted octanol–water partition coefficient (Wildman–Crippen LogP) is 4.64. The molecule has 1 atom stereocenters. The summed E-state index contributed by atoms with van der Waals surface area (Å²) in [5, 5.41) is 0. The van der Waals surface area contributed by atoms with Gasteiger partial charge in [-0.05, 0) is 23.5 Å². The number of nitrogens with zero attached hydrogens (tertiary/aromatic N) is 3. The highest BCUT2D eigenvalue weighted by Gasteiger charge is 2.28. The minimum atomic E-state index is -0.209. The zero-order valence-electron chi connectivity index (χ0n) is 16.0. The highest BCUT2D eigenvalue weighted by molar-refractivity contribution is 5.84. The Hall–Kier alpha value is -2.72. The van der Waals surface area contributed by atoms with Gasteiger partial charge in [0.2, 0.25) is 5.91 Å². The van der Waals surface area contributed by atoms with Crippen molar-refractivity contribution in [2.24, 2.45) is 5.92 Å². The Kier molecular flexibility index (Phi) is 6.55. The Bertz CT molecular complexity index is 772. The van der Waals surface area contributed by atoms with Crippen LogP contribution in [-0.4, -0.2) is 26.4 Å². The van der Waals surface area contributed by atoms with Crippen molar-refractivity contribution in [2.75, 3.05) is 0 Å². The lowest BCUT2D eigenvalue weighted by Gasteiger charge is -2.32. The van der Waals surface area contributed by atoms with Gasteiger partial charge in [0.1, 0.15) is 6.33 Å². The Morgan fingerprint density at radius 1 is 0.963 bits per heavy atom. The van der Waals surface area contributed by atoms with E-state index in [2.05, 4.69) is 48.0 Å². The molecule has 3 aromatic rings. The van der Waals surface area contributed by atoms with Crippen molar-refractivity contribution in [1.29, 1.82) is 0 Å². The molecule has 0 radical (unpaired) electrons. The molecule has 0 unspecified atom stereocenters. The molecule has 0 aliphatic heterocycles. The van der Waals surface area contributed by atoms with E-state index in [1.54, 1.807) is 23.3 Å². The van der Waals surface area contributed by atoms with Gasteiger partial charge in [0.15, 0.2) is 0 Å². The molecule has 0 aliphatic carbocycles. The highest BCUT2D eigenvalue weighted by Crippen LogP contribution is 2.20. The number of hydrogen-bond acceptors (Lipinski definition) is 3. The summed E-state index contributed by atoms with van der Waals surface area (Å²) in [6.45, 7) is 5.79. The molecule has 3 rings (SSSR count). The van der Waals surface area contributed by atoms with Crippen molar-refractivity contribution in [3.05, 3.63) is 90.5 Å². The van der Waals surface area contributed by atoms with Crippen LogP contribution in [0.15, 0.2) is 79.4 Å². The van der Waals surface area contributed by atoms with Crippen LogP contribution in [0.25, 0.3) is 0 Å². The minimum absolute atomic E-state index is 0.0769. The number of benzene rings is 2. The van der Waals surface area contributed by atoms with E-state index in [0.29, 0.717) is 5.92 Å². The van der Waals surface area contributed by atoms with E-state index in [9.17, 15) is 4.79 Å².